The fourth-order valence-corrected chi connectivity index (χ4v) is 3.32. The predicted molar refractivity (Wildman–Crippen MR) is 83.2 cm³/mol. The molecule has 1 saturated carbocycles. The molecule has 1 aromatic rings. The number of hydrogen-bond donors (Lipinski definition) is 1. The number of nitrogens with one attached hydrogen (secondary N) is 1. The summed E-state index contributed by atoms with van der Waals surface area (Å²) in [6.07, 6.45) is 9.92. The van der Waals surface area contributed by atoms with E-state index in [1.165, 1.54) is 50.7 Å². The largest absolute Gasteiger partial charge is 0.310 e. The lowest BCUT2D eigenvalue weighted by Crippen LogP contribution is -2.24. The molecule has 1 aliphatic rings. The van der Waals surface area contributed by atoms with Crippen LogP contribution in [0.3, 0.4) is 0 Å². The maximum Gasteiger partial charge on any atom is 0.159 e. The summed E-state index contributed by atoms with van der Waals surface area (Å²) in [6, 6.07) is 4.48. The molecule has 1 fully saturated rings. The second-order valence-corrected chi connectivity index (χ2v) is 6.27. The topological polar surface area (TPSA) is 12.0 Å². The third kappa shape index (κ3) is 5.06. The van der Waals surface area contributed by atoms with E-state index in [1.54, 1.807) is 6.07 Å². The lowest BCUT2D eigenvalue weighted by atomic mass is 9.89. The standard InChI is InChI=1S/C18H27F2N/c1-2-11-21-18(12-14-7-5-3-4-6-8-14)15-9-10-16(19)17(20)13-15/h9-10,13-14,18,21H,2-8,11-12H2,1H3. The molecule has 0 aromatic heterocycles. The van der Waals surface area contributed by atoms with Gasteiger partial charge in [0.25, 0.3) is 0 Å². The van der Waals surface area contributed by atoms with Gasteiger partial charge in [-0.25, -0.2) is 8.78 Å². The zero-order valence-electron chi connectivity index (χ0n) is 13.0. The average molecular weight is 295 g/mol. The van der Waals surface area contributed by atoms with Crippen LogP contribution in [-0.4, -0.2) is 6.54 Å². The maximum atomic E-state index is 13.5. The van der Waals surface area contributed by atoms with Crippen LogP contribution in [0.1, 0.15) is 69.9 Å². The highest BCUT2D eigenvalue weighted by Gasteiger charge is 2.20. The van der Waals surface area contributed by atoms with Crippen molar-refractivity contribution in [2.75, 3.05) is 6.54 Å². The summed E-state index contributed by atoms with van der Waals surface area (Å²) in [6.45, 7) is 3.04. The van der Waals surface area contributed by atoms with Crippen molar-refractivity contribution in [2.24, 2.45) is 5.92 Å². The Morgan fingerprint density at radius 1 is 1.10 bits per heavy atom. The number of hydrogen-bond acceptors (Lipinski definition) is 1. The van der Waals surface area contributed by atoms with Gasteiger partial charge in [-0.05, 0) is 43.0 Å². The SMILES string of the molecule is CCCNC(CC1CCCCCC1)c1ccc(F)c(F)c1. The molecule has 1 aromatic carbocycles. The van der Waals surface area contributed by atoms with E-state index in [-0.39, 0.29) is 6.04 Å². The van der Waals surface area contributed by atoms with E-state index in [0.717, 1.165) is 24.9 Å². The van der Waals surface area contributed by atoms with Crippen LogP contribution in [0.2, 0.25) is 0 Å². The molecule has 1 unspecified atom stereocenters. The van der Waals surface area contributed by atoms with Crippen LogP contribution in [0.15, 0.2) is 18.2 Å². The first-order valence-corrected chi connectivity index (χ1v) is 8.39. The fourth-order valence-electron chi connectivity index (χ4n) is 3.32. The van der Waals surface area contributed by atoms with Crippen LogP contribution in [-0.2, 0) is 0 Å². The molecule has 1 N–H and O–H groups in total. The van der Waals surface area contributed by atoms with Crippen LogP contribution in [0.25, 0.3) is 0 Å². The zero-order valence-corrected chi connectivity index (χ0v) is 13.0. The number of rotatable bonds is 6. The van der Waals surface area contributed by atoms with E-state index in [0.29, 0.717) is 5.92 Å². The molecule has 0 bridgehead atoms. The van der Waals surface area contributed by atoms with Crippen molar-refractivity contribution in [3.63, 3.8) is 0 Å². The van der Waals surface area contributed by atoms with Gasteiger partial charge in [0.2, 0.25) is 0 Å². The Kier molecular flexibility index (Phi) is 6.62. The van der Waals surface area contributed by atoms with E-state index >= 15 is 0 Å². The van der Waals surface area contributed by atoms with Crippen molar-refractivity contribution in [1.82, 2.24) is 5.32 Å². The third-order valence-electron chi connectivity index (χ3n) is 4.53. The van der Waals surface area contributed by atoms with Crippen molar-refractivity contribution in [1.29, 1.82) is 0 Å². The molecule has 1 nitrogen and oxygen atoms in total. The second kappa shape index (κ2) is 8.47. The molecule has 0 radical (unpaired) electrons. The average Bonchev–Trinajstić information content (AvgIpc) is 2.75. The summed E-state index contributed by atoms with van der Waals surface area (Å²) in [7, 11) is 0. The molecule has 0 heterocycles. The van der Waals surface area contributed by atoms with E-state index in [4.69, 9.17) is 0 Å². The highest BCUT2D eigenvalue weighted by atomic mass is 19.2. The Hall–Kier alpha value is -0.960. The van der Waals surface area contributed by atoms with E-state index in [9.17, 15) is 8.78 Å². The van der Waals surface area contributed by atoms with E-state index in [2.05, 4.69) is 12.2 Å². The Morgan fingerprint density at radius 2 is 1.81 bits per heavy atom. The van der Waals surface area contributed by atoms with Gasteiger partial charge >= 0.3 is 0 Å². The van der Waals surface area contributed by atoms with Gasteiger partial charge in [0.05, 0.1) is 0 Å². The Balaban J connectivity index is 2.06. The molecule has 0 saturated heterocycles. The number of halogens is 2. The molecule has 118 valence electrons. The van der Waals surface area contributed by atoms with Gasteiger partial charge in [0.1, 0.15) is 0 Å². The monoisotopic (exact) mass is 295 g/mol. The van der Waals surface area contributed by atoms with Crippen molar-refractivity contribution in [3.05, 3.63) is 35.4 Å². The lowest BCUT2D eigenvalue weighted by molar-refractivity contribution is 0.355. The Labute approximate surface area is 127 Å². The summed E-state index contributed by atoms with van der Waals surface area (Å²) in [5, 5.41) is 3.51. The van der Waals surface area contributed by atoms with Crippen LogP contribution in [0.4, 0.5) is 8.78 Å². The molecule has 0 amide bonds. The van der Waals surface area contributed by atoms with Crippen molar-refractivity contribution >= 4 is 0 Å². The molecular weight excluding hydrogens is 268 g/mol. The predicted octanol–water partition coefficient (Wildman–Crippen LogP) is 5.37. The molecule has 3 heteroatoms. The highest BCUT2D eigenvalue weighted by Crippen LogP contribution is 2.31. The van der Waals surface area contributed by atoms with Gasteiger partial charge in [0, 0.05) is 6.04 Å². The van der Waals surface area contributed by atoms with Crippen LogP contribution >= 0.6 is 0 Å². The minimum absolute atomic E-state index is 0.142. The second-order valence-electron chi connectivity index (χ2n) is 6.27. The minimum atomic E-state index is -0.762. The molecule has 1 atom stereocenters. The summed E-state index contributed by atoms with van der Waals surface area (Å²) in [5.74, 6) is -0.797. The van der Waals surface area contributed by atoms with Gasteiger partial charge in [-0.1, -0.05) is 51.5 Å². The third-order valence-corrected chi connectivity index (χ3v) is 4.53. The molecule has 21 heavy (non-hydrogen) atoms. The van der Waals surface area contributed by atoms with Crippen molar-refractivity contribution in [2.45, 2.75) is 64.3 Å². The fraction of sp³-hybridized carbons (Fsp3) is 0.667. The van der Waals surface area contributed by atoms with Gasteiger partial charge in [0.15, 0.2) is 11.6 Å². The van der Waals surface area contributed by atoms with Crippen LogP contribution in [0, 0.1) is 17.6 Å². The molecule has 0 spiro atoms. The molecule has 2 rings (SSSR count). The van der Waals surface area contributed by atoms with Gasteiger partial charge in [-0.15, -0.1) is 0 Å². The van der Waals surface area contributed by atoms with Gasteiger partial charge in [-0.3, -0.25) is 0 Å². The Bertz CT molecular complexity index is 425. The summed E-state index contributed by atoms with van der Waals surface area (Å²) in [4.78, 5) is 0. The van der Waals surface area contributed by atoms with Gasteiger partial charge < -0.3 is 5.32 Å². The summed E-state index contributed by atoms with van der Waals surface area (Å²) < 4.78 is 26.6. The smallest absolute Gasteiger partial charge is 0.159 e. The first-order chi connectivity index (χ1) is 10.2. The van der Waals surface area contributed by atoms with Gasteiger partial charge in [-0.2, -0.15) is 0 Å². The minimum Gasteiger partial charge on any atom is -0.310 e. The van der Waals surface area contributed by atoms with E-state index < -0.39 is 11.6 Å². The quantitative estimate of drug-likeness (QED) is 0.696. The van der Waals surface area contributed by atoms with E-state index in [1.807, 2.05) is 0 Å². The first-order valence-electron chi connectivity index (χ1n) is 8.39. The van der Waals surface area contributed by atoms with Crippen LogP contribution < -0.4 is 5.32 Å². The zero-order chi connectivity index (χ0) is 15.1. The Morgan fingerprint density at radius 3 is 2.43 bits per heavy atom. The first kappa shape index (κ1) is 16.4. The molecule has 1 aliphatic carbocycles. The maximum absolute atomic E-state index is 13.5. The van der Waals surface area contributed by atoms with Crippen LogP contribution in [0.5, 0.6) is 0 Å². The highest BCUT2D eigenvalue weighted by molar-refractivity contribution is 5.21. The summed E-state index contributed by atoms with van der Waals surface area (Å²) >= 11 is 0. The molecular formula is C18H27F2N. The lowest BCUT2D eigenvalue weighted by Gasteiger charge is -2.24. The van der Waals surface area contributed by atoms with Crippen molar-refractivity contribution < 1.29 is 8.78 Å². The molecule has 0 aliphatic heterocycles. The number of benzene rings is 1. The van der Waals surface area contributed by atoms with Crippen molar-refractivity contribution in [3.8, 4) is 0 Å². The summed E-state index contributed by atoms with van der Waals surface area (Å²) in [5.41, 5.74) is 0.881. The normalized spacial score (nSPS) is 18.4.